The van der Waals surface area contributed by atoms with Crippen molar-refractivity contribution in [3.8, 4) is 0 Å². The minimum absolute atomic E-state index is 0.267. The second-order valence-electron chi connectivity index (χ2n) is 6.49. The maximum absolute atomic E-state index is 12.5. The van der Waals surface area contributed by atoms with E-state index in [1.807, 2.05) is 12.2 Å². The predicted molar refractivity (Wildman–Crippen MR) is 87.6 cm³/mol. The van der Waals surface area contributed by atoms with Crippen molar-refractivity contribution in [3.05, 3.63) is 36.2 Å². The van der Waals surface area contributed by atoms with Crippen molar-refractivity contribution in [2.75, 3.05) is 5.32 Å². The SMILES string of the molecule is O=C(O)[C@H]1CC=CC[C@H]1C(=O)Nc1ccc2oc(C3CC3)nc2c1. The van der Waals surface area contributed by atoms with Crippen molar-refractivity contribution in [1.29, 1.82) is 0 Å². The lowest BCUT2D eigenvalue weighted by Gasteiger charge is -2.24. The molecule has 1 saturated carbocycles. The van der Waals surface area contributed by atoms with Crippen LogP contribution in [0.15, 0.2) is 34.8 Å². The third-order valence-electron chi connectivity index (χ3n) is 4.68. The number of carboxylic acids is 1. The number of aromatic nitrogens is 1. The van der Waals surface area contributed by atoms with Gasteiger partial charge in [-0.25, -0.2) is 4.98 Å². The smallest absolute Gasteiger partial charge is 0.307 e. The number of anilines is 1. The Labute approximate surface area is 138 Å². The maximum Gasteiger partial charge on any atom is 0.307 e. The van der Waals surface area contributed by atoms with Crippen LogP contribution in [-0.2, 0) is 9.59 Å². The summed E-state index contributed by atoms with van der Waals surface area (Å²) in [7, 11) is 0. The standard InChI is InChI=1S/C18H18N2O4/c21-16(12-3-1-2-4-13(12)18(22)23)19-11-7-8-15-14(9-11)20-17(24-15)10-5-6-10/h1-2,7-10,12-13H,3-6H2,(H,19,21)(H,22,23)/t12-,13+/m1/s1. The first kappa shape index (κ1) is 14.9. The number of aliphatic carboxylic acids is 1. The van der Waals surface area contributed by atoms with Gasteiger partial charge in [-0.05, 0) is 43.9 Å². The van der Waals surface area contributed by atoms with E-state index in [0.29, 0.717) is 35.5 Å². The van der Waals surface area contributed by atoms with Crippen LogP contribution in [0.25, 0.3) is 11.1 Å². The lowest BCUT2D eigenvalue weighted by atomic mass is 9.82. The molecule has 1 amide bonds. The van der Waals surface area contributed by atoms with E-state index in [4.69, 9.17) is 4.42 Å². The highest BCUT2D eigenvalue weighted by molar-refractivity contribution is 5.96. The van der Waals surface area contributed by atoms with Crippen LogP contribution in [0, 0.1) is 11.8 Å². The van der Waals surface area contributed by atoms with Crippen LogP contribution >= 0.6 is 0 Å². The Morgan fingerprint density at radius 2 is 1.92 bits per heavy atom. The summed E-state index contributed by atoms with van der Waals surface area (Å²) in [5, 5.41) is 12.1. The number of oxazole rings is 1. The van der Waals surface area contributed by atoms with Crippen LogP contribution in [0.4, 0.5) is 5.69 Å². The summed E-state index contributed by atoms with van der Waals surface area (Å²) in [6.45, 7) is 0. The molecule has 1 aromatic carbocycles. The van der Waals surface area contributed by atoms with Crippen LogP contribution in [0.1, 0.15) is 37.5 Å². The van der Waals surface area contributed by atoms with Crippen LogP contribution in [0.2, 0.25) is 0 Å². The van der Waals surface area contributed by atoms with Crippen molar-refractivity contribution in [1.82, 2.24) is 4.98 Å². The van der Waals surface area contributed by atoms with Crippen LogP contribution < -0.4 is 5.32 Å². The molecule has 4 rings (SSSR count). The van der Waals surface area contributed by atoms with E-state index in [9.17, 15) is 14.7 Å². The maximum atomic E-state index is 12.5. The summed E-state index contributed by atoms with van der Waals surface area (Å²) in [4.78, 5) is 28.3. The third kappa shape index (κ3) is 2.79. The first-order chi connectivity index (χ1) is 11.6. The average molecular weight is 326 g/mol. The summed E-state index contributed by atoms with van der Waals surface area (Å²) in [6.07, 6.45) is 6.75. The van der Waals surface area contributed by atoms with E-state index in [1.165, 1.54) is 0 Å². The Kier molecular flexibility index (Phi) is 3.59. The molecular formula is C18H18N2O4. The third-order valence-corrected chi connectivity index (χ3v) is 4.68. The molecule has 2 aliphatic rings. The zero-order valence-electron chi connectivity index (χ0n) is 13.1. The van der Waals surface area contributed by atoms with Gasteiger partial charge >= 0.3 is 5.97 Å². The fourth-order valence-corrected chi connectivity index (χ4v) is 3.14. The number of carboxylic acid groups (broad SMARTS) is 1. The number of hydrogen-bond acceptors (Lipinski definition) is 4. The van der Waals surface area contributed by atoms with Crippen LogP contribution in [0.3, 0.4) is 0 Å². The van der Waals surface area contributed by atoms with Gasteiger partial charge in [-0.15, -0.1) is 0 Å². The molecule has 124 valence electrons. The second kappa shape index (κ2) is 5.78. The number of hydrogen-bond donors (Lipinski definition) is 2. The summed E-state index contributed by atoms with van der Waals surface area (Å²) in [5.74, 6) is -1.23. The molecule has 0 saturated heterocycles. The van der Waals surface area contributed by atoms with Crippen molar-refractivity contribution in [2.24, 2.45) is 11.8 Å². The number of carbonyl (C=O) groups is 2. The van der Waals surface area contributed by atoms with Gasteiger partial charge in [0.1, 0.15) is 5.52 Å². The molecule has 6 heteroatoms. The van der Waals surface area contributed by atoms with Crippen molar-refractivity contribution < 1.29 is 19.1 Å². The van der Waals surface area contributed by atoms with Gasteiger partial charge in [-0.3, -0.25) is 9.59 Å². The molecule has 0 aliphatic heterocycles. The molecular weight excluding hydrogens is 308 g/mol. The van der Waals surface area contributed by atoms with Gasteiger partial charge in [0.05, 0.1) is 11.8 Å². The predicted octanol–water partition coefficient (Wildman–Crippen LogP) is 3.31. The molecule has 2 aliphatic carbocycles. The highest BCUT2D eigenvalue weighted by atomic mass is 16.4. The van der Waals surface area contributed by atoms with Crippen LogP contribution in [-0.4, -0.2) is 22.0 Å². The normalized spacial score (nSPS) is 23.3. The van der Waals surface area contributed by atoms with E-state index in [0.717, 1.165) is 18.7 Å². The molecule has 2 atom stereocenters. The Morgan fingerprint density at radius 1 is 1.17 bits per heavy atom. The number of amides is 1. The second-order valence-corrected chi connectivity index (χ2v) is 6.49. The van der Waals surface area contributed by atoms with E-state index in [-0.39, 0.29) is 5.91 Å². The minimum atomic E-state index is -0.930. The van der Waals surface area contributed by atoms with Gasteiger partial charge in [0.15, 0.2) is 11.5 Å². The molecule has 1 fully saturated rings. The molecule has 2 aromatic rings. The van der Waals surface area contributed by atoms with Gasteiger partial charge in [-0.2, -0.15) is 0 Å². The number of nitrogens with zero attached hydrogens (tertiary/aromatic N) is 1. The molecule has 2 N–H and O–H groups in total. The lowest BCUT2D eigenvalue weighted by molar-refractivity contribution is -0.146. The number of fused-ring (bicyclic) bond motifs is 1. The first-order valence-corrected chi connectivity index (χ1v) is 8.21. The van der Waals surface area contributed by atoms with Gasteiger partial charge in [-0.1, -0.05) is 12.2 Å². The topological polar surface area (TPSA) is 92.4 Å². The lowest BCUT2D eigenvalue weighted by Crippen LogP contribution is -2.34. The van der Waals surface area contributed by atoms with Crippen LogP contribution in [0.5, 0.6) is 0 Å². The number of carbonyl (C=O) groups excluding carboxylic acids is 1. The molecule has 1 aromatic heterocycles. The van der Waals surface area contributed by atoms with Gasteiger partial charge in [0.2, 0.25) is 5.91 Å². The van der Waals surface area contributed by atoms with Crippen molar-refractivity contribution in [3.63, 3.8) is 0 Å². The Hall–Kier alpha value is -2.63. The van der Waals surface area contributed by atoms with E-state index in [1.54, 1.807) is 18.2 Å². The quantitative estimate of drug-likeness (QED) is 0.841. The van der Waals surface area contributed by atoms with Crippen molar-refractivity contribution in [2.45, 2.75) is 31.6 Å². The average Bonchev–Trinajstić information content (AvgIpc) is 3.34. The summed E-state index contributed by atoms with van der Waals surface area (Å²) >= 11 is 0. The molecule has 0 radical (unpaired) electrons. The zero-order valence-corrected chi connectivity index (χ0v) is 13.1. The molecule has 0 bridgehead atoms. The fourth-order valence-electron chi connectivity index (χ4n) is 3.14. The Bertz CT molecular complexity index is 835. The molecule has 1 heterocycles. The largest absolute Gasteiger partial charge is 0.481 e. The molecule has 24 heavy (non-hydrogen) atoms. The van der Waals surface area contributed by atoms with E-state index in [2.05, 4.69) is 10.3 Å². The molecule has 0 unspecified atom stereocenters. The van der Waals surface area contributed by atoms with Gasteiger partial charge in [0.25, 0.3) is 0 Å². The highest BCUT2D eigenvalue weighted by Crippen LogP contribution is 2.40. The first-order valence-electron chi connectivity index (χ1n) is 8.21. The van der Waals surface area contributed by atoms with Crippen molar-refractivity contribution >= 4 is 28.7 Å². The number of nitrogens with one attached hydrogen (secondary N) is 1. The van der Waals surface area contributed by atoms with E-state index < -0.39 is 17.8 Å². The van der Waals surface area contributed by atoms with E-state index >= 15 is 0 Å². The fraction of sp³-hybridized carbons (Fsp3) is 0.389. The Balaban J connectivity index is 1.53. The highest BCUT2D eigenvalue weighted by Gasteiger charge is 2.34. The monoisotopic (exact) mass is 326 g/mol. The van der Waals surface area contributed by atoms with Gasteiger partial charge < -0.3 is 14.8 Å². The minimum Gasteiger partial charge on any atom is -0.481 e. The molecule has 6 nitrogen and oxygen atoms in total. The van der Waals surface area contributed by atoms with Gasteiger partial charge in [0, 0.05) is 11.6 Å². The number of benzene rings is 1. The zero-order chi connectivity index (χ0) is 16.7. The molecule has 0 spiro atoms. The Morgan fingerprint density at radius 3 is 2.62 bits per heavy atom. The summed E-state index contributed by atoms with van der Waals surface area (Å²) in [5.41, 5.74) is 2.04. The number of rotatable bonds is 4. The summed E-state index contributed by atoms with van der Waals surface area (Å²) in [6, 6.07) is 5.33. The number of allylic oxidation sites excluding steroid dienone is 2. The summed E-state index contributed by atoms with van der Waals surface area (Å²) < 4.78 is 5.71.